The van der Waals surface area contributed by atoms with E-state index in [0.29, 0.717) is 24.1 Å². The molecule has 0 heterocycles. The lowest BCUT2D eigenvalue weighted by molar-refractivity contribution is 0.585. The maximum absolute atomic E-state index is 12.3. The van der Waals surface area contributed by atoms with Gasteiger partial charge in [-0.15, -0.1) is 0 Å². The highest BCUT2D eigenvalue weighted by Gasteiger charge is 2.29. The summed E-state index contributed by atoms with van der Waals surface area (Å²) in [6.45, 7) is 0. The quantitative estimate of drug-likeness (QED) is 0.807. The minimum Gasteiger partial charge on any atom is -0.389 e. The molecule has 2 rings (SSSR count). The van der Waals surface area contributed by atoms with Gasteiger partial charge < -0.3 is 5.73 Å². The number of sulfonamides is 1. The number of rotatable bonds is 4. The molecule has 0 spiro atoms. The summed E-state index contributed by atoms with van der Waals surface area (Å²) in [4.78, 5) is 0.172. The van der Waals surface area contributed by atoms with Gasteiger partial charge in [-0.2, -0.15) is 0 Å². The van der Waals surface area contributed by atoms with Crippen LogP contribution in [-0.4, -0.2) is 18.7 Å². The van der Waals surface area contributed by atoms with Gasteiger partial charge in [0.2, 0.25) is 10.0 Å². The largest absolute Gasteiger partial charge is 0.389 e. The zero-order valence-corrected chi connectivity index (χ0v) is 13.4. The molecular weight excluding hydrogens is 348 g/mol. The molecule has 3 N–H and O–H groups in total. The van der Waals surface area contributed by atoms with E-state index in [2.05, 4.69) is 20.7 Å². The third kappa shape index (κ3) is 3.46. The standard InChI is InChI=1S/C12H15BrN2O2S2/c13-8-5-6-11(10(7-8)12(14)18)15-19(16,17)9-3-1-2-4-9/h5-7,9,15H,1-4H2,(H2,14,18). The molecule has 0 aliphatic heterocycles. The maximum atomic E-state index is 12.3. The van der Waals surface area contributed by atoms with E-state index < -0.39 is 10.0 Å². The number of benzene rings is 1. The predicted octanol–water partition coefficient (Wildman–Crippen LogP) is 2.77. The summed E-state index contributed by atoms with van der Waals surface area (Å²) in [5.41, 5.74) is 6.61. The van der Waals surface area contributed by atoms with Gasteiger partial charge in [-0.3, -0.25) is 4.72 Å². The van der Waals surface area contributed by atoms with Crippen LogP contribution in [0.15, 0.2) is 22.7 Å². The Hall–Kier alpha value is -0.660. The van der Waals surface area contributed by atoms with E-state index in [1.807, 2.05) is 0 Å². The van der Waals surface area contributed by atoms with E-state index in [9.17, 15) is 8.42 Å². The first-order valence-corrected chi connectivity index (χ1v) is 8.76. The van der Waals surface area contributed by atoms with Crippen molar-refractivity contribution in [1.82, 2.24) is 0 Å². The number of nitrogens with one attached hydrogen (secondary N) is 1. The molecule has 1 aromatic carbocycles. The Morgan fingerprint density at radius 1 is 1.37 bits per heavy atom. The predicted molar refractivity (Wildman–Crippen MR) is 84.8 cm³/mol. The molecule has 0 saturated heterocycles. The van der Waals surface area contributed by atoms with E-state index in [1.54, 1.807) is 18.2 Å². The normalized spacial score (nSPS) is 16.5. The molecule has 0 radical (unpaired) electrons. The van der Waals surface area contributed by atoms with E-state index in [-0.39, 0.29) is 10.2 Å². The number of anilines is 1. The topological polar surface area (TPSA) is 72.2 Å². The summed E-state index contributed by atoms with van der Waals surface area (Å²) in [7, 11) is -3.36. The Labute approximate surface area is 126 Å². The molecule has 104 valence electrons. The second-order valence-corrected chi connectivity index (χ2v) is 7.92. The highest BCUT2D eigenvalue weighted by molar-refractivity contribution is 9.10. The van der Waals surface area contributed by atoms with Crippen molar-refractivity contribution in [3.63, 3.8) is 0 Å². The van der Waals surface area contributed by atoms with E-state index in [1.165, 1.54) is 0 Å². The zero-order valence-electron chi connectivity index (χ0n) is 10.2. The van der Waals surface area contributed by atoms with Gasteiger partial charge in [0.1, 0.15) is 4.99 Å². The summed E-state index contributed by atoms with van der Waals surface area (Å²) in [6, 6.07) is 5.15. The Kier molecular flexibility index (Phi) is 4.47. The highest BCUT2D eigenvalue weighted by atomic mass is 79.9. The van der Waals surface area contributed by atoms with Gasteiger partial charge in [0.15, 0.2) is 0 Å². The number of nitrogens with two attached hydrogens (primary N) is 1. The molecule has 7 heteroatoms. The van der Waals surface area contributed by atoms with Crippen molar-refractivity contribution in [2.75, 3.05) is 4.72 Å². The monoisotopic (exact) mass is 362 g/mol. The number of thiocarbonyl (C=S) groups is 1. The summed E-state index contributed by atoms with van der Waals surface area (Å²) in [6.07, 6.45) is 3.37. The smallest absolute Gasteiger partial charge is 0.235 e. The lowest BCUT2D eigenvalue weighted by atomic mass is 10.2. The van der Waals surface area contributed by atoms with E-state index in [4.69, 9.17) is 18.0 Å². The van der Waals surface area contributed by atoms with Crippen LogP contribution >= 0.6 is 28.1 Å². The fourth-order valence-electron chi connectivity index (χ4n) is 2.24. The molecule has 0 aromatic heterocycles. The molecule has 0 bridgehead atoms. The third-order valence-corrected chi connectivity index (χ3v) is 5.81. The maximum Gasteiger partial charge on any atom is 0.235 e. The second-order valence-electron chi connectivity index (χ2n) is 4.61. The van der Waals surface area contributed by atoms with E-state index in [0.717, 1.165) is 17.3 Å². The van der Waals surface area contributed by atoms with Crippen molar-refractivity contribution in [2.24, 2.45) is 5.73 Å². The zero-order chi connectivity index (χ0) is 14.0. The molecule has 1 aromatic rings. The molecule has 0 unspecified atom stereocenters. The molecule has 0 amide bonds. The summed E-state index contributed by atoms with van der Waals surface area (Å²) in [5.74, 6) is 0. The van der Waals surface area contributed by atoms with Crippen LogP contribution in [0.25, 0.3) is 0 Å². The van der Waals surface area contributed by atoms with Gasteiger partial charge in [0.05, 0.1) is 10.9 Å². The highest BCUT2D eigenvalue weighted by Crippen LogP contribution is 2.28. The molecule has 1 aliphatic carbocycles. The Balaban J connectivity index is 2.30. The molecule has 19 heavy (non-hydrogen) atoms. The second kappa shape index (κ2) is 5.76. The first-order valence-electron chi connectivity index (χ1n) is 6.01. The first kappa shape index (κ1) is 14.7. The molecule has 1 fully saturated rings. The lowest BCUT2D eigenvalue weighted by Crippen LogP contribution is -2.26. The molecule has 4 nitrogen and oxygen atoms in total. The fraction of sp³-hybridized carbons (Fsp3) is 0.417. The van der Waals surface area contributed by atoms with Crippen LogP contribution in [-0.2, 0) is 10.0 Å². The van der Waals surface area contributed by atoms with Crippen LogP contribution in [0.3, 0.4) is 0 Å². The van der Waals surface area contributed by atoms with Crippen LogP contribution in [0.2, 0.25) is 0 Å². The van der Waals surface area contributed by atoms with Gasteiger partial charge in [-0.25, -0.2) is 8.42 Å². The summed E-state index contributed by atoms with van der Waals surface area (Å²) < 4.78 is 27.9. The van der Waals surface area contributed by atoms with Gasteiger partial charge in [0, 0.05) is 10.0 Å². The van der Waals surface area contributed by atoms with Crippen molar-refractivity contribution in [2.45, 2.75) is 30.9 Å². The van der Waals surface area contributed by atoms with Gasteiger partial charge >= 0.3 is 0 Å². The van der Waals surface area contributed by atoms with Crippen LogP contribution in [0, 0.1) is 0 Å². The molecule has 0 atom stereocenters. The van der Waals surface area contributed by atoms with Crippen molar-refractivity contribution in [3.8, 4) is 0 Å². The van der Waals surface area contributed by atoms with Crippen LogP contribution < -0.4 is 10.5 Å². The first-order chi connectivity index (χ1) is 8.90. The Morgan fingerprint density at radius 3 is 2.58 bits per heavy atom. The van der Waals surface area contributed by atoms with Gasteiger partial charge in [-0.05, 0) is 31.0 Å². The SMILES string of the molecule is NC(=S)c1cc(Br)ccc1NS(=O)(=O)C1CCCC1. The third-order valence-electron chi connectivity index (χ3n) is 3.24. The lowest BCUT2D eigenvalue weighted by Gasteiger charge is -2.16. The van der Waals surface area contributed by atoms with E-state index >= 15 is 0 Å². The summed E-state index contributed by atoms with van der Waals surface area (Å²) >= 11 is 8.27. The minimum atomic E-state index is -3.36. The average Bonchev–Trinajstić information content (AvgIpc) is 2.85. The van der Waals surface area contributed by atoms with Crippen molar-refractivity contribution < 1.29 is 8.42 Å². The van der Waals surface area contributed by atoms with Crippen molar-refractivity contribution in [3.05, 3.63) is 28.2 Å². The van der Waals surface area contributed by atoms with Gasteiger partial charge in [0.25, 0.3) is 0 Å². The fourth-order valence-corrected chi connectivity index (χ4v) is 4.38. The number of hydrogen-bond donors (Lipinski definition) is 2. The molecule has 1 saturated carbocycles. The molecular formula is C12H15BrN2O2S2. The summed E-state index contributed by atoms with van der Waals surface area (Å²) in [5, 5.41) is -0.310. The Morgan fingerprint density at radius 2 is 2.00 bits per heavy atom. The van der Waals surface area contributed by atoms with Crippen molar-refractivity contribution in [1.29, 1.82) is 0 Å². The van der Waals surface area contributed by atoms with Crippen LogP contribution in [0.4, 0.5) is 5.69 Å². The van der Waals surface area contributed by atoms with Crippen LogP contribution in [0.5, 0.6) is 0 Å². The van der Waals surface area contributed by atoms with Crippen molar-refractivity contribution >= 4 is 48.8 Å². The van der Waals surface area contributed by atoms with Gasteiger partial charge in [-0.1, -0.05) is 41.0 Å². The minimum absolute atomic E-state index is 0.172. The molecule has 1 aliphatic rings. The number of hydrogen-bond acceptors (Lipinski definition) is 3. The van der Waals surface area contributed by atoms with Crippen LogP contribution in [0.1, 0.15) is 31.2 Å². The Bertz CT molecular complexity index is 596. The number of halogens is 1. The average molecular weight is 363 g/mol.